The van der Waals surface area contributed by atoms with Crippen molar-refractivity contribution in [1.29, 1.82) is 0 Å². The number of methoxy groups -OCH3 is 3. The Morgan fingerprint density at radius 3 is 2.51 bits per heavy atom. The number of amides is 2. The van der Waals surface area contributed by atoms with Crippen molar-refractivity contribution in [1.82, 2.24) is 14.8 Å². The fourth-order valence-electron chi connectivity index (χ4n) is 4.85. The SMILES string of the molecule is COc1ccc(NC(=O)CCN2CCCC(C(=O)N3CCc4cc(OC)c(OC)cc4C3)C2)cn1. The summed E-state index contributed by atoms with van der Waals surface area (Å²) in [4.78, 5) is 34.1. The molecule has 0 spiro atoms. The molecule has 9 heteroatoms. The van der Waals surface area contributed by atoms with Gasteiger partial charge < -0.3 is 29.3 Å². The van der Waals surface area contributed by atoms with E-state index in [0.717, 1.165) is 37.1 Å². The average Bonchev–Trinajstić information content (AvgIpc) is 2.91. The third-order valence-electron chi connectivity index (χ3n) is 6.77. The predicted molar refractivity (Wildman–Crippen MR) is 132 cm³/mol. The van der Waals surface area contributed by atoms with E-state index in [1.165, 1.54) is 5.56 Å². The van der Waals surface area contributed by atoms with Crippen LogP contribution in [0.4, 0.5) is 5.69 Å². The number of hydrogen-bond donors (Lipinski definition) is 1. The Morgan fingerprint density at radius 1 is 1.06 bits per heavy atom. The van der Waals surface area contributed by atoms with Crippen molar-refractivity contribution in [3.8, 4) is 17.4 Å². The molecule has 0 aliphatic carbocycles. The molecule has 1 fully saturated rings. The molecule has 1 atom stereocenters. The number of nitrogens with one attached hydrogen (secondary N) is 1. The van der Waals surface area contributed by atoms with Crippen molar-refractivity contribution in [2.75, 3.05) is 52.8 Å². The maximum atomic E-state index is 13.4. The van der Waals surface area contributed by atoms with Crippen LogP contribution in [0, 0.1) is 5.92 Å². The topological polar surface area (TPSA) is 93.2 Å². The van der Waals surface area contributed by atoms with Gasteiger partial charge in [0.1, 0.15) is 0 Å². The van der Waals surface area contributed by atoms with Gasteiger partial charge >= 0.3 is 0 Å². The Balaban J connectivity index is 1.29. The number of benzene rings is 1. The third kappa shape index (κ3) is 6.03. The number of anilines is 1. The van der Waals surface area contributed by atoms with Gasteiger partial charge in [0.05, 0.1) is 39.1 Å². The van der Waals surface area contributed by atoms with Gasteiger partial charge in [0.15, 0.2) is 11.5 Å². The number of aromatic nitrogens is 1. The van der Waals surface area contributed by atoms with Crippen LogP contribution in [-0.4, -0.2) is 74.1 Å². The van der Waals surface area contributed by atoms with Crippen LogP contribution in [0.3, 0.4) is 0 Å². The molecule has 0 bridgehead atoms. The minimum absolute atomic E-state index is 0.0423. The zero-order valence-corrected chi connectivity index (χ0v) is 20.7. The van der Waals surface area contributed by atoms with Crippen LogP contribution in [0.1, 0.15) is 30.4 Å². The number of pyridine rings is 1. The molecule has 3 heterocycles. The summed E-state index contributed by atoms with van der Waals surface area (Å²) in [6.07, 6.45) is 4.59. The first kappa shape index (κ1) is 24.8. The monoisotopic (exact) mass is 482 g/mol. The van der Waals surface area contributed by atoms with Crippen molar-refractivity contribution >= 4 is 17.5 Å². The number of ether oxygens (including phenoxy) is 3. The lowest BCUT2D eigenvalue weighted by Crippen LogP contribution is -2.46. The van der Waals surface area contributed by atoms with E-state index in [1.807, 2.05) is 17.0 Å². The molecule has 1 aromatic carbocycles. The van der Waals surface area contributed by atoms with E-state index in [4.69, 9.17) is 14.2 Å². The van der Waals surface area contributed by atoms with Crippen LogP contribution in [0.15, 0.2) is 30.5 Å². The number of rotatable bonds is 8. The minimum atomic E-state index is -0.0672. The van der Waals surface area contributed by atoms with Crippen LogP contribution >= 0.6 is 0 Å². The van der Waals surface area contributed by atoms with E-state index in [9.17, 15) is 9.59 Å². The van der Waals surface area contributed by atoms with Gasteiger partial charge in [0, 0.05) is 38.7 Å². The quantitative estimate of drug-likeness (QED) is 0.618. The van der Waals surface area contributed by atoms with Crippen LogP contribution in [-0.2, 0) is 22.6 Å². The van der Waals surface area contributed by atoms with Crippen LogP contribution in [0.5, 0.6) is 17.4 Å². The standard InChI is InChI=1S/C26H34N4O5/c1-33-22-13-18-8-12-30(17-20(18)14-23(22)34-2)26(32)19-5-4-10-29(16-19)11-9-24(31)28-21-6-7-25(35-3)27-15-21/h6-7,13-15,19H,4-5,8-12,16-17H2,1-3H3,(H,28,31). The molecule has 1 saturated heterocycles. The summed E-state index contributed by atoms with van der Waals surface area (Å²) in [6.45, 7) is 3.50. The van der Waals surface area contributed by atoms with Crippen molar-refractivity contribution in [3.05, 3.63) is 41.6 Å². The predicted octanol–water partition coefficient (Wildman–Crippen LogP) is 2.73. The maximum Gasteiger partial charge on any atom is 0.227 e. The summed E-state index contributed by atoms with van der Waals surface area (Å²) < 4.78 is 15.9. The molecule has 4 rings (SSSR count). The Bertz CT molecular complexity index is 1040. The van der Waals surface area contributed by atoms with Gasteiger partial charge in [-0.1, -0.05) is 0 Å². The first-order valence-corrected chi connectivity index (χ1v) is 12.1. The largest absolute Gasteiger partial charge is 0.493 e. The van der Waals surface area contributed by atoms with E-state index in [0.29, 0.717) is 49.9 Å². The Hall–Kier alpha value is -3.33. The van der Waals surface area contributed by atoms with Gasteiger partial charge in [-0.2, -0.15) is 0 Å². The van der Waals surface area contributed by atoms with Crippen molar-refractivity contribution in [2.24, 2.45) is 5.92 Å². The number of nitrogens with zero attached hydrogens (tertiary/aromatic N) is 3. The maximum absolute atomic E-state index is 13.4. The highest BCUT2D eigenvalue weighted by atomic mass is 16.5. The molecule has 1 unspecified atom stereocenters. The minimum Gasteiger partial charge on any atom is -0.493 e. The van der Waals surface area contributed by atoms with Crippen molar-refractivity contribution in [2.45, 2.75) is 32.2 Å². The normalized spacial score (nSPS) is 17.9. The molecule has 2 aliphatic heterocycles. The van der Waals surface area contributed by atoms with Gasteiger partial charge in [-0.25, -0.2) is 4.98 Å². The van der Waals surface area contributed by atoms with Crippen LogP contribution in [0.25, 0.3) is 0 Å². The van der Waals surface area contributed by atoms with E-state index >= 15 is 0 Å². The molecule has 0 saturated carbocycles. The second-order valence-corrected chi connectivity index (χ2v) is 9.01. The molecule has 1 aromatic heterocycles. The van der Waals surface area contributed by atoms with Gasteiger partial charge in [-0.15, -0.1) is 0 Å². The van der Waals surface area contributed by atoms with Crippen LogP contribution in [0.2, 0.25) is 0 Å². The number of carbonyl (C=O) groups excluding carboxylic acids is 2. The summed E-state index contributed by atoms with van der Waals surface area (Å²) in [6, 6.07) is 7.48. The first-order valence-electron chi connectivity index (χ1n) is 12.1. The highest BCUT2D eigenvalue weighted by Crippen LogP contribution is 2.34. The Morgan fingerprint density at radius 2 is 1.83 bits per heavy atom. The lowest BCUT2D eigenvalue weighted by Gasteiger charge is -2.36. The molecular weight excluding hydrogens is 448 g/mol. The van der Waals surface area contributed by atoms with Crippen molar-refractivity contribution in [3.63, 3.8) is 0 Å². The average molecular weight is 483 g/mol. The van der Waals surface area contributed by atoms with Gasteiger partial charge in [-0.05, 0) is 55.1 Å². The molecule has 2 aliphatic rings. The lowest BCUT2D eigenvalue weighted by atomic mass is 9.93. The summed E-state index contributed by atoms with van der Waals surface area (Å²) >= 11 is 0. The fourth-order valence-corrected chi connectivity index (χ4v) is 4.85. The molecule has 2 amide bonds. The van der Waals surface area contributed by atoms with Crippen molar-refractivity contribution < 1.29 is 23.8 Å². The van der Waals surface area contributed by atoms with E-state index in [2.05, 4.69) is 15.2 Å². The summed E-state index contributed by atoms with van der Waals surface area (Å²) in [5.74, 6) is 2.00. The number of piperidine rings is 1. The van der Waals surface area contributed by atoms with E-state index < -0.39 is 0 Å². The highest BCUT2D eigenvalue weighted by Gasteiger charge is 2.31. The zero-order chi connectivity index (χ0) is 24.8. The summed E-state index contributed by atoms with van der Waals surface area (Å²) in [5.41, 5.74) is 2.96. The molecule has 2 aromatic rings. The summed E-state index contributed by atoms with van der Waals surface area (Å²) in [5, 5.41) is 2.87. The van der Waals surface area contributed by atoms with Crippen LogP contribution < -0.4 is 19.5 Å². The second kappa shape index (κ2) is 11.4. The number of hydrogen-bond acceptors (Lipinski definition) is 7. The number of fused-ring (bicyclic) bond motifs is 1. The van der Waals surface area contributed by atoms with Gasteiger partial charge in [0.2, 0.25) is 17.7 Å². The zero-order valence-electron chi connectivity index (χ0n) is 20.7. The first-order chi connectivity index (χ1) is 17.0. The number of likely N-dealkylation sites (tertiary alicyclic amines) is 1. The molecule has 9 nitrogen and oxygen atoms in total. The molecule has 1 N–H and O–H groups in total. The number of carbonyl (C=O) groups is 2. The lowest BCUT2D eigenvalue weighted by molar-refractivity contribution is -0.138. The third-order valence-corrected chi connectivity index (χ3v) is 6.77. The molecule has 188 valence electrons. The summed E-state index contributed by atoms with van der Waals surface area (Å²) in [7, 11) is 4.81. The van der Waals surface area contributed by atoms with E-state index in [1.54, 1.807) is 39.7 Å². The fraction of sp³-hybridized carbons (Fsp3) is 0.500. The Kier molecular flexibility index (Phi) is 8.07. The molecular formula is C26H34N4O5. The van der Waals surface area contributed by atoms with E-state index in [-0.39, 0.29) is 17.7 Å². The molecule has 35 heavy (non-hydrogen) atoms. The second-order valence-electron chi connectivity index (χ2n) is 9.01. The Labute approximate surface area is 206 Å². The highest BCUT2D eigenvalue weighted by molar-refractivity contribution is 5.90. The smallest absolute Gasteiger partial charge is 0.227 e. The molecule has 0 radical (unpaired) electrons. The van der Waals surface area contributed by atoms with Gasteiger partial charge in [-0.3, -0.25) is 9.59 Å². The van der Waals surface area contributed by atoms with Gasteiger partial charge in [0.25, 0.3) is 0 Å².